The van der Waals surface area contributed by atoms with Gasteiger partial charge in [0.2, 0.25) is 0 Å². The van der Waals surface area contributed by atoms with Crippen LogP contribution in [0, 0.1) is 0 Å². The molecule has 0 spiro atoms. The lowest BCUT2D eigenvalue weighted by atomic mass is 10.00. The second kappa shape index (κ2) is 6.27. The summed E-state index contributed by atoms with van der Waals surface area (Å²) in [5.74, 6) is -0.471. The molecular formula is C14H19NO5. The van der Waals surface area contributed by atoms with Crippen molar-refractivity contribution < 1.29 is 24.2 Å². The summed E-state index contributed by atoms with van der Waals surface area (Å²) in [5.41, 5.74) is -0.567. The van der Waals surface area contributed by atoms with Gasteiger partial charge in [0.15, 0.2) is 0 Å². The van der Waals surface area contributed by atoms with Gasteiger partial charge < -0.3 is 19.9 Å². The van der Waals surface area contributed by atoms with Crippen LogP contribution in [0.3, 0.4) is 0 Å². The number of carbonyl (C=O) groups is 2. The minimum atomic E-state index is -0.979. The van der Waals surface area contributed by atoms with Crippen molar-refractivity contribution in [3.05, 3.63) is 23.8 Å². The number of methoxy groups -OCH3 is 2. The second-order valence-corrected chi connectivity index (χ2v) is 4.97. The number of benzene rings is 1. The highest BCUT2D eigenvalue weighted by Gasteiger charge is 2.26. The molecule has 0 aromatic heterocycles. The normalized spacial score (nSPS) is 10.8. The van der Waals surface area contributed by atoms with E-state index >= 15 is 0 Å². The van der Waals surface area contributed by atoms with Gasteiger partial charge in [0, 0.05) is 5.54 Å². The quantitative estimate of drug-likeness (QED) is 0.828. The van der Waals surface area contributed by atoms with Gasteiger partial charge in [-0.2, -0.15) is 0 Å². The Kier molecular flexibility index (Phi) is 4.96. The van der Waals surface area contributed by atoms with Crippen molar-refractivity contribution in [3.8, 4) is 11.5 Å². The summed E-state index contributed by atoms with van der Waals surface area (Å²) < 4.78 is 10.2. The summed E-state index contributed by atoms with van der Waals surface area (Å²) in [7, 11) is 2.96. The zero-order valence-corrected chi connectivity index (χ0v) is 12.0. The average Bonchev–Trinajstić information content (AvgIpc) is 2.35. The molecule has 0 aliphatic heterocycles. The Morgan fingerprint density at radius 3 is 2.40 bits per heavy atom. The number of carbonyl (C=O) groups excluding carboxylic acids is 1. The predicted molar refractivity (Wildman–Crippen MR) is 73.3 cm³/mol. The van der Waals surface area contributed by atoms with Crippen molar-refractivity contribution in [1.82, 2.24) is 5.32 Å². The van der Waals surface area contributed by atoms with Crippen molar-refractivity contribution in [1.29, 1.82) is 0 Å². The highest BCUT2D eigenvalue weighted by molar-refractivity contribution is 5.98. The number of aliphatic carboxylic acids is 1. The molecule has 6 heteroatoms. The van der Waals surface area contributed by atoms with Gasteiger partial charge in [-0.1, -0.05) is 0 Å². The molecule has 1 rings (SSSR count). The maximum atomic E-state index is 12.3. The second-order valence-electron chi connectivity index (χ2n) is 4.97. The van der Waals surface area contributed by atoms with Crippen LogP contribution in [-0.2, 0) is 4.79 Å². The first kappa shape index (κ1) is 15.8. The summed E-state index contributed by atoms with van der Waals surface area (Å²) >= 11 is 0. The molecule has 1 amide bonds. The number of ether oxygens (including phenoxy) is 2. The van der Waals surface area contributed by atoms with E-state index in [1.807, 2.05) is 0 Å². The lowest BCUT2D eigenvalue weighted by Crippen LogP contribution is -2.45. The standard InChI is InChI=1S/C14H19NO5/c1-14(2,8-12(16)17)15-13(18)10-7-9(19-3)5-6-11(10)20-4/h5-7H,8H2,1-4H3,(H,15,18)(H,16,17). The minimum Gasteiger partial charge on any atom is -0.497 e. The maximum Gasteiger partial charge on any atom is 0.305 e. The number of carboxylic acid groups (broad SMARTS) is 1. The van der Waals surface area contributed by atoms with Crippen molar-refractivity contribution >= 4 is 11.9 Å². The number of nitrogens with one attached hydrogen (secondary N) is 1. The van der Waals surface area contributed by atoms with Crippen LogP contribution in [0.25, 0.3) is 0 Å². The lowest BCUT2D eigenvalue weighted by Gasteiger charge is -2.24. The van der Waals surface area contributed by atoms with E-state index in [9.17, 15) is 9.59 Å². The molecule has 110 valence electrons. The van der Waals surface area contributed by atoms with Crippen molar-refractivity contribution in [2.75, 3.05) is 14.2 Å². The number of hydrogen-bond acceptors (Lipinski definition) is 4. The molecule has 2 N–H and O–H groups in total. The van der Waals surface area contributed by atoms with E-state index in [-0.39, 0.29) is 6.42 Å². The summed E-state index contributed by atoms with van der Waals surface area (Å²) in [6, 6.07) is 4.85. The number of hydrogen-bond donors (Lipinski definition) is 2. The Hall–Kier alpha value is -2.24. The van der Waals surface area contributed by atoms with E-state index in [1.54, 1.807) is 32.0 Å². The van der Waals surface area contributed by atoms with Crippen molar-refractivity contribution in [2.45, 2.75) is 25.8 Å². The number of amides is 1. The first-order valence-electron chi connectivity index (χ1n) is 6.05. The summed E-state index contributed by atoms with van der Waals surface area (Å²) in [4.78, 5) is 23.0. The molecular weight excluding hydrogens is 262 g/mol. The highest BCUT2D eigenvalue weighted by Crippen LogP contribution is 2.24. The predicted octanol–water partition coefficient (Wildman–Crippen LogP) is 1.69. The fraction of sp³-hybridized carbons (Fsp3) is 0.429. The van der Waals surface area contributed by atoms with Crippen molar-refractivity contribution in [3.63, 3.8) is 0 Å². The van der Waals surface area contributed by atoms with Crippen LogP contribution in [0.2, 0.25) is 0 Å². The zero-order valence-electron chi connectivity index (χ0n) is 12.0. The Balaban J connectivity index is 2.99. The molecule has 20 heavy (non-hydrogen) atoms. The fourth-order valence-corrected chi connectivity index (χ4v) is 1.79. The Morgan fingerprint density at radius 2 is 1.90 bits per heavy atom. The van der Waals surface area contributed by atoms with Crippen LogP contribution < -0.4 is 14.8 Å². The van der Waals surface area contributed by atoms with Gasteiger partial charge in [0.1, 0.15) is 11.5 Å². The molecule has 0 bridgehead atoms. The van der Waals surface area contributed by atoms with Crippen LogP contribution in [0.15, 0.2) is 18.2 Å². The highest BCUT2D eigenvalue weighted by atomic mass is 16.5. The Bertz CT molecular complexity index is 510. The average molecular weight is 281 g/mol. The largest absolute Gasteiger partial charge is 0.497 e. The lowest BCUT2D eigenvalue weighted by molar-refractivity contribution is -0.138. The third-order valence-electron chi connectivity index (χ3n) is 2.70. The van der Waals surface area contributed by atoms with Crippen LogP contribution in [0.4, 0.5) is 0 Å². The van der Waals surface area contributed by atoms with Crippen LogP contribution >= 0.6 is 0 Å². The molecule has 0 unspecified atom stereocenters. The molecule has 0 fully saturated rings. The molecule has 0 aliphatic rings. The zero-order chi connectivity index (χ0) is 15.3. The van der Waals surface area contributed by atoms with E-state index in [4.69, 9.17) is 14.6 Å². The van der Waals surface area contributed by atoms with Gasteiger partial charge in [0.05, 0.1) is 26.2 Å². The molecule has 0 radical (unpaired) electrons. The SMILES string of the molecule is COc1ccc(OC)c(C(=O)NC(C)(C)CC(=O)O)c1. The monoisotopic (exact) mass is 281 g/mol. The van der Waals surface area contributed by atoms with E-state index in [2.05, 4.69) is 5.32 Å². The maximum absolute atomic E-state index is 12.3. The third kappa shape index (κ3) is 4.15. The van der Waals surface area contributed by atoms with E-state index < -0.39 is 17.4 Å². The molecule has 1 aromatic carbocycles. The molecule has 0 aliphatic carbocycles. The molecule has 0 atom stereocenters. The molecule has 0 saturated carbocycles. The van der Waals surface area contributed by atoms with Gasteiger partial charge in [-0.15, -0.1) is 0 Å². The summed E-state index contributed by atoms with van der Waals surface area (Å²) in [5, 5.41) is 11.5. The Morgan fingerprint density at radius 1 is 1.25 bits per heavy atom. The minimum absolute atomic E-state index is 0.176. The first-order valence-corrected chi connectivity index (χ1v) is 6.05. The van der Waals surface area contributed by atoms with Gasteiger partial charge in [0.25, 0.3) is 5.91 Å². The molecule has 0 saturated heterocycles. The van der Waals surface area contributed by atoms with Crippen LogP contribution in [0.1, 0.15) is 30.6 Å². The molecule has 0 heterocycles. The van der Waals surface area contributed by atoms with Gasteiger partial charge in [-0.05, 0) is 32.0 Å². The first-order chi connectivity index (χ1) is 9.29. The van der Waals surface area contributed by atoms with E-state index in [1.165, 1.54) is 14.2 Å². The number of carboxylic acids is 1. The van der Waals surface area contributed by atoms with E-state index in [0.29, 0.717) is 17.1 Å². The van der Waals surface area contributed by atoms with Gasteiger partial charge in [-0.25, -0.2) is 0 Å². The van der Waals surface area contributed by atoms with Crippen LogP contribution in [-0.4, -0.2) is 36.7 Å². The topological polar surface area (TPSA) is 84.9 Å². The smallest absolute Gasteiger partial charge is 0.305 e. The fourth-order valence-electron chi connectivity index (χ4n) is 1.79. The number of rotatable bonds is 6. The van der Waals surface area contributed by atoms with Gasteiger partial charge >= 0.3 is 5.97 Å². The van der Waals surface area contributed by atoms with Crippen molar-refractivity contribution in [2.24, 2.45) is 0 Å². The van der Waals surface area contributed by atoms with Crippen LogP contribution in [0.5, 0.6) is 11.5 Å². The Labute approximate surface area is 117 Å². The van der Waals surface area contributed by atoms with Gasteiger partial charge in [-0.3, -0.25) is 9.59 Å². The summed E-state index contributed by atoms with van der Waals surface area (Å²) in [6.07, 6.45) is -0.176. The third-order valence-corrected chi connectivity index (χ3v) is 2.70. The van der Waals surface area contributed by atoms with E-state index in [0.717, 1.165) is 0 Å². The molecule has 6 nitrogen and oxygen atoms in total. The summed E-state index contributed by atoms with van der Waals surface area (Å²) in [6.45, 7) is 3.29. The molecule has 1 aromatic rings.